The topological polar surface area (TPSA) is 59.0 Å². The van der Waals surface area contributed by atoms with E-state index in [2.05, 4.69) is 25.7 Å². The quantitative estimate of drug-likeness (QED) is 0.701. The van der Waals surface area contributed by atoms with Gasteiger partial charge < -0.3 is 14.6 Å². The van der Waals surface area contributed by atoms with Gasteiger partial charge >= 0.3 is 5.97 Å². The van der Waals surface area contributed by atoms with E-state index in [1.807, 2.05) is 6.92 Å². The van der Waals surface area contributed by atoms with E-state index >= 15 is 0 Å². The maximum atomic E-state index is 12.0. The third-order valence-electron chi connectivity index (χ3n) is 7.80. The summed E-state index contributed by atoms with van der Waals surface area (Å²) in [6, 6.07) is 0. The SMILES string of the molecule is CCOC(=O)[C@@H]1CCCN(C[C@H](O)CO[C@@H]2C[C@H]3CC[C@@]2(C)C3(C)C)C1. The summed E-state index contributed by atoms with van der Waals surface area (Å²) in [7, 11) is 0. The second kappa shape index (κ2) is 7.76. The average molecular weight is 368 g/mol. The van der Waals surface area contributed by atoms with E-state index in [0.717, 1.165) is 31.7 Å². The molecule has 0 spiro atoms. The molecule has 0 aromatic heterocycles. The molecule has 5 nitrogen and oxygen atoms in total. The lowest BCUT2D eigenvalue weighted by molar-refractivity contribution is -0.150. The number of nitrogens with zero attached hydrogens (tertiary/aromatic N) is 1. The van der Waals surface area contributed by atoms with Gasteiger partial charge in [0.1, 0.15) is 0 Å². The maximum absolute atomic E-state index is 12.0. The van der Waals surface area contributed by atoms with Gasteiger partial charge in [0.25, 0.3) is 0 Å². The van der Waals surface area contributed by atoms with E-state index < -0.39 is 6.10 Å². The number of aliphatic hydroxyl groups excluding tert-OH is 1. The fraction of sp³-hybridized carbons (Fsp3) is 0.952. The van der Waals surface area contributed by atoms with Crippen molar-refractivity contribution in [2.45, 2.75) is 72.0 Å². The molecule has 1 saturated heterocycles. The highest BCUT2D eigenvalue weighted by Crippen LogP contribution is 2.66. The Bertz CT molecular complexity index is 508. The number of hydrogen-bond acceptors (Lipinski definition) is 5. The van der Waals surface area contributed by atoms with Gasteiger partial charge in [0, 0.05) is 13.1 Å². The first-order valence-electron chi connectivity index (χ1n) is 10.5. The van der Waals surface area contributed by atoms with Crippen LogP contribution in [0, 0.1) is 22.7 Å². The van der Waals surface area contributed by atoms with Crippen LogP contribution in [0.4, 0.5) is 0 Å². The molecule has 1 aliphatic heterocycles. The van der Waals surface area contributed by atoms with Crippen LogP contribution in [0.2, 0.25) is 0 Å². The van der Waals surface area contributed by atoms with E-state index in [4.69, 9.17) is 9.47 Å². The summed E-state index contributed by atoms with van der Waals surface area (Å²) in [5, 5.41) is 10.5. The van der Waals surface area contributed by atoms with Gasteiger partial charge in [-0.3, -0.25) is 9.69 Å². The fourth-order valence-corrected chi connectivity index (χ4v) is 5.63. The van der Waals surface area contributed by atoms with Crippen LogP contribution in [-0.2, 0) is 14.3 Å². The standard InChI is InChI=1S/C21H37NO4/c1-5-25-19(24)15-7-6-10-22(12-15)13-17(23)14-26-18-11-16-8-9-21(18,4)20(16,2)3/h15-18,23H,5-14H2,1-4H3/t15-,16-,17+,18-,21-/m1/s1. The lowest BCUT2D eigenvalue weighted by Gasteiger charge is -2.39. The summed E-state index contributed by atoms with van der Waals surface area (Å²) in [4.78, 5) is 14.1. The second-order valence-corrected chi connectivity index (χ2v) is 9.44. The Morgan fingerprint density at radius 1 is 1.31 bits per heavy atom. The fourth-order valence-electron chi connectivity index (χ4n) is 5.63. The lowest BCUT2D eigenvalue weighted by atomic mass is 9.70. The van der Waals surface area contributed by atoms with Crippen molar-refractivity contribution in [3.05, 3.63) is 0 Å². The van der Waals surface area contributed by atoms with Crippen molar-refractivity contribution in [2.24, 2.45) is 22.7 Å². The Morgan fingerprint density at radius 2 is 2.08 bits per heavy atom. The molecule has 3 rings (SSSR count). The van der Waals surface area contributed by atoms with E-state index in [1.54, 1.807) is 0 Å². The van der Waals surface area contributed by atoms with Crippen LogP contribution in [0.3, 0.4) is 0 Å². The molecule has 0 aromatic rings. The smallest absolute Gasteiger partial charge is 0.310 e. The average Bonchev–Trinajstić information content (AvgIpc) is 2.93. The molecule has 0 aromatic carbocycles. The third kappa shape index (κ3) is 3.67. The van der Waals surface area contributed by atoms with Gasteiger partial charge in [-0.15, -0.1) is 0 Å². The molecule has 2 bridgehead atoms. The minimum absolute atomic E-state index is 0.0536. The minimum Gasteiger partial charge on any atom is -0.466 e. The van der Waals surface area contributed by atoms with Crippen LogP contribution >= 0.6 is 0 Å². The number of piperidine rings is 1. The van der Waals surface area contributed by atoms with Crippen molar-refractivity contribution in [1.82, 2.24) is 4.90 Å². The van der Waals surface area contributed by atoms with Gasteiger partial charge in [0.2, 0.25) is 0 Å². The van der Waals surface area contributed by atoms with Crippen molar-refractivity contribution in [3.8, 4) is 0 Å². The van der Waals surface area contributed by atoms with E-state index in [0.29, 0.717) is 31.7 Å². The summed E-state index contributed by atoms with van der Waals surface area (Å²) >= 11 is 0. The van der Waals surface area contributed by atoms with Crippen molar-refractivity contribution < 1.29 is 19.4 Å². The zero-order chi connectivity index (χ0) is 18.9. The van der Waals surface area contributed by atoms with Crippen LogP contribution in [0.25, 0.3) is 0 Å². The first-order valence-corrected chi connectivity index (χ1v) is 10.5. The van der Waals surface area contributed by atoms with Gasteiger partial charge in [-0.2, -0.15) is 0 Å². The Kier molecular flexibility index (Phi) is 6.00. The molecule has 150 valence electrons. The maximum Gasteiger partial charge on any atom is 0.310 e. The Labute approximate surface area is 158 Å². The predicted octanol–water partition coefficient (Wildman–Crippen LogP) is 2.85. The monoisotopic (exact) mass is 367 g/mol. The van der Waals surface area contributed by atoms with Crippen LogP contribution in [0.5, 0.6) is 0 Å². The number of likely N-dealkylation sites (tertiary alicyclic amines) is 1. The van der Waals surface area contributed by atoms with Gasteiger partial charge in [0.15, 0.2) is 0 Å². The first kappa shape index (κ1) is 20.1. The molecule has 1 heterocycles. The van der Waals surface area contributed by atoms with Gasteiger partial charge in [-0.25, -0.2) is 0 Å². The van der Waals surface area contributed by atoms with Gasteiger partial charge in [-0.1, -0.05) is 20.8 Å². The summed E-state index contributed by atoms with van der Waals surface area (Å²) in [6.07, 6.45) is 5.31. The third-order valence-corrected chi connectivity index (χ3v) is 7.80. The van der Waals surface area contributed by atoms with Crippen LogP contribution < -0.4 is 0 Å². The molecular weight excluding hydrogens is 330 g/mol. The number of esters is 1. The van der Waals surface area contributed by atoms with Crippen molar-refractivity contribution >= 4 is 5.97 Å². The zero-order valence-electron chi connectivity index (χ0n) is 17.0. The number of carbonyl (C=O) groups is 1. The van der Waals surface area contributed by atoms with Crippen LogP contribution in [0.15, 0.2) is 0 Å². The highest BCUT2D eigenvalue weighted by atomic mass is 16.5. The second-order valence-electron chi connectivity index (χ2n) is 9.44. The molecule has 3 aliphatic rings. The van der Waals surface area contributed by atoms with Crippen LogP contribution in [-0.4, -0.2) is 61.0 Å². The van der Waals surface area contributed by atoms with Crippen molar-refractivity contribution in [3.63, 3.8) is 0 Å². The summed E-state index contributed by atoms with van der Waals surface area (Å²) in [5.74, 6) is 0.601. The number of aliphatic hydroxyl groups is 1. The summed E-state index contributed by atoms with van der Waals surface area (Å²) in [6.45, 7) is 12.0. The minimum atomic E-state index is -0.498. The largest absolute Gasteiger partial charge is 0.466 e. The highest BCUT2D eigenvalue weighted by Gasteiger charge is 2.61. The number of β-amino-alcohol motifs (C(OH)–C–C–N with tert-alkyl or cyclic N) is 1. The molecule has 5 atom stereocenters. The molecule has 2 aliphatic carbocycles. The molecule has 26 heavy (non-hydrogen) atoms. The van der Waals surface area contributed by atoms with E-state index in [1.165, 1.54) is 12.8 Å². The van der Waals surface area contributed by atoms with Gasteiger partial charge in [0.05, 0.1) is 31.3 Å². The summed E-state index contributed by atoms with van der Waals surface area (Å²) in [5.41, 5.74) is 0.569. The van der Waals surface area contributed by atoms with Crippen LogP contribution in [0.1, 0.15) is 59.8 Å². The molecule has 1 N–H and O–H groups in total. The highest BCUT2D eigenvalue weighted by molar-refractivity contribution is 5.72. The number of carbonyl (C=O) groups excluding carboxylic acids is 1. The Morgan fingerprint density at radius 3 is 2.69 bits per heavy atom. The molecule has 0 unspecified atom stereocenters. The first-order chi connectivity index (χ1) is 12.3. The van der Waals surface area contributed by atoms with Gasteiger partial charge in [-0.05, 0) is 62.3 Å². The molecular formula is C21H37NO4. The predicted molar refractivity (Wildman–Crippen MR) is 101 cm³/mol. The number of ether oxygens (including phenoxy) is 2. The molecule has 3 fully saturated rings. The summed E-state index contributed by atoms with van der Waals surface area (Å²) < 4.78 is 11.4. The Balaban J connectivity index is 1.45. The normalized spacial score (nSPS) is 37.7. The molecule has 0 radical (unpaired) electrons. The number of hydrogen-bond donors (Lipinski definition) is 1. The number of rotatable bonds is 7. The zero-order valence-corrected chi connectivity index (χ0v) is 17.0. The molecule has 0 amide bonds. The number of fused-ring (bicyclic) bond motifs is 2. The lowest BCUT2D eigenvalue weighted by Crippen LogP contribution is -2.45. The van der Waals surface area contributed by atoms with E-state index in [-0.39, 0.29) is 23.4 Å². The molecule has 2 saturated carbocycles. The molecule has 5 heteroatoms. The van der Waals surface area contributed by atoms with E-state index in [9.17, 15) is 9.90 Å². The van der Waals surface area contributed by atoms with Crippen molar-refractivity contribution in [1.29, 1.82) is 0 Å². The van der Waals surface area contributed by atoms with Crippen molar-refractivity contribution in [2.75, 3.05) is 32.8 Å². The Hall–Kier alpha value is -0.650.